The number of anilines is 2. The lowest BCUT2D eigenvalue weighted by atomic mass is 10.1. The van der Waals surface area contributed by atoms with Crippen molar-refractivity contribution in [2.24, 2.45) is 0 Å². The molecule has 1 aromatic carbocycles. The summed E-state index contributed by atoms with van der Waals surface area (Å²) in [5.41, 5.74) is 2.82. The highest BCUT2D eigenvalue weighted by Gasteiger charge is 2.21. The molecule has 0 aliphatic heterocycles. The molecule has 0 spiro atoms. The lowest BCUT2D eigenvalue weighted by molar-refractivity contribution is 0.588. The minimum absolute atomic E-state index is 0.100. The van der Waals surface area contributed by atoms with Crippen LogP contribution in [0.15, 0.2) is 18.3 Å². The molecule has 0 amide bonds. The van der Waals surface area contributed by atoms with Gasteiger partial charge in [0.05, 0.1) is 11.9 Å². The van der Waals surface area contributed by atoms with E-state index >= 15 is 0 Å². The van der Waals surface area contributed by atoms with E-state index in [1.54, 1.807) is 13.3 Å². The maximum Gasteiger partial charge on any atom is 0.224 e. The summed E-state index contributed by atoms with van der Waals surface area (Å²) < 4.78 is 12.6. The lowest BCUT2D eigenvalue weighted by Crippen LogP contribution is -2.15. The second-order valence-electron chi connectivity index (χ2n) is 5.22. The fraction of sp³-hybridized carbons (Fsp3) is 0.286. The molecule has 0 saturated carbocycles. The van der Waals surface area contributed by atoms with E-state index in [1.165, 1.54) is 6.20 Å². The number of nitrogens with one attached hydrogen (secondary N) is 1. The first-order valence-electron chi connectivity index (χ1n) is 6.31. The molecule has 1 heterocycles. The Labute approximate surface area is 134 Å². The van der Waals surface area contributed by atoms with E-state index in [0.717, 1.165) is 22.1 Å². The third-order valence-corrected chi connectivity index (χ3v) is 5.32. The molecule has 0 aliphatic carbocycles. The summed E-state index contributed by atoms with van der Waals surface area (Å²) in [4.78, 5) is 7.88. The minimum atomic E-state index is -2.47. The Morgan fingerprint density at radius 1 is 1.19 bits per heavy atom. The van der Waals surface area contributed by atoms with Crippen LogP contribution in [-0.2, 0) is 4.57 Å². The topological polar surface area (TPSA) is 54.9 Å². The predicted molar refractivity (Wildman–Crippen MR) is 90.3 cm³/mol. The van der Waals surface area contributed by atoms with Crippen LogP contribution in [0.1, 0.15) is 11.1 Å². The summed E-state index contributed by atoms with van der Waals surface area (Å²) in [6.07, 6.45) is 1.43. The van der Waals surface area contributed by atoms with Crippen molar-refractivity contribution in [2.75, 3.05) is 18.6 Å². The molecule has 7 heteroatoms. The normalized spacial score (nSPS) is 11.5. The zero-order valence-corrected chi connectivity index (χ0v) is 14.6. The summed E-state index contributed by atoms with van der Waals surface area (Å²) in [6, 6.07) is 3.84. The summed E-state index contributed by atoms with van der Waals surface area (Å²) >= 11 is 11.9. The fourth-order valence-corrected chi connectivity index (χ4v) is 4.12. The molecule has 0 saturated heterocycles. The smallest absolute Gasteiger partial charge is 0.224 e. The average Bonchev–Trinajstić information content (AvgIpc) is 2.37. The number of halogens is 2. The Morgan fingerprint density at radius 3 is 2.48 bits per heavy atom. The maximum atomic E-state index is 12.6. The number of hydrogen-bond donors (Lipinski definition) is 1. The second kappa shape index (κ2) is 5.96. The van der Waals surface area contributed by atoms with Crippen molar-refractivity contribution in [1.82, 2.24) is 9.97 Å². The molecule has 21 heavy (non-hydrogen) atoms. The monoisotopic (exact) mass is 343 g/mol. The van der Waals surface area contributed by atoms with Crippen LogP contribution < -0.4 is 10.6 Å². The maximum absolute atomic E-state index is 12.6. The van der Waals surface area contributed by atoms with Crippen molar-refractivity contribution >= 4 is 47.2 Å². The van der Waals surface area contributed by atoms with Gasteiger partial charge in [-0.1, -0.05) is 17.7 Å². The lowest BCUT2D eigenvalue weighted by Gasteiger charge is -2.19. The zero-order valence-electron chi connectivity index (χ0n) is 12.2. The summed E-state index contributed by atoms with van der Waals surface area (Å²) in [6.45, 7) is 7.44. The van der Waals surface area contributed by atoms with Gasteiger partial charge in [-0.15, -0.1) is 0 Å². The summed E-state index contributed by atoms with van der Waals surface area (Å²) in [5, 5.41) is 4.37. The average molecular weight is 344 g/mol. The number of aromatic nitrogens is 2. The molecule has 112 valence electrons. The first-order valence-corrected chi connectivity index (χ1v) is 9.66. The molecule has 2 rings (SSSR count). The molecule has 0 bridgehead atoms. The number of benzene rings is 1. The first-order chi connectivity index (χ1) is 9.70. The van der Waals surface area contributed by atoms with Gasteiger partial charge in [0, 0.05) is 5.30 Å². The van der Waals surface area contributed by atoms with Crippen LogP contribution in [0.4, 0.5) is 11.5 Å². The third kappa shape index (κ3) is 3.57. The van der Waals surface area contributed by atoms with E-state index in [4.69, 9.17) is 23.2 Å². The van der Waals surface area contributed by atoms with Gasteiger partial charge >= 0.3 is 0 Å². The molecule has 0 atom stereocenters. The first kappa shape index (κ1) is 16.3. The van der Waals surface area contributed by atoms with Gasteiger partial charge in [-0.3, -0.25) is 0 Å². The van der Waals surface area contributed by atoms with E-state index in [2.05, 4.69) is 15.3 Å². The largest absolute Gasteiger partial charge is 0.338 e. The van der Waals surface area contributed by atoms with Gasteiger partial charge in [0.2, 0.25) is 5.28 Å². The van der Waals surface area contributed by atoms with E-state index in [9.17, 15) is 4.57 Å². The van der Waals surface area contributed by atoms with Crippen LogP contribution in [0.5, 0.6) is 0 Å². The number of rotatable bonds is 3. The van der Waals surface area contributed by atoms with Gasteiger partial charge in [-0.2, -0.15) is 4.98 Å². The van der Waals surface area contributed by atoms with Crippen LogP contribution in [0.3, 0.4) is 0 Å². The highest BCUT2D eigenvalue weighted by molar-refractivity contribution is 7.70. The van der Waals surface area contributed by atoms with Crippen LogP contribution in [0, 0.1) is 13.8 Å². The molecule has 0 aliphatic rings. The van der Waals surface area contributed by atoms with Gasteiger partial charge in [0.15, 0.2) is 5.82 Å². The number of aryl methyl sites for hydroxylation is 1. The Bertz CT molecular complexity index is 743. The van der Waals surface area contributed by atoms with Crippen LogP contribution >= 0.6 is 30.3 Å². The van der Waals surface area contributed by atoms with E-state index < -0.39 is 7.14 Å². The number of hydrogen-bond acceptors (Lipinski definition) is 4. The Hall–Kier alpha value is -1.09. The van der Waals surface area contributed by atoms with E-state index in [-0.39, 0.29) is 5.28 Å². The number of nitrogens with zero attached hydrogens (tertiary/aromatic N) is 2. The highest BCUT2D eigenvalue weighted by atomic mass is 35.5. The van der Waals surface area contributed by atoms with Gasteiger partial charge in [0.1, 0.15) is 12.2 Å². The SMILES string of the molecule is Cc1ccc(Nc2nc(Cl)ncc2Cl)c(P(C)(C)=O)c1C. The molecule has 0 radical (unpaired) electrons. The minimum Gasteiger partial charge on any atom is -0.338 e. The predicted octanol–water partition coefficient (Wildman–Crippen LogP) is 4.39. The molecule has 4 nitrogen and oxygen atoms in total. The van der Waals surface area contributed by atoms with Crippen LogP contribution in [0.2, 0.25) is 10.3 Å². The van der Waals surface area contributed by atoms with Gasteiger partial charge in [-0.25, -0.2) is 4.98 Å². The molecule has 0 unspecified atom stereocenters. The summed E-state index contributed by atoms with van der Waals surface area (Å²) in [5.74, 6) is 0.398. The standard InChI is InChI=1S/C14H16Cl2N3OP/c1-8-5-6-11(12(9(8)2)21(3,4)20)18-13-10(15)7-17-14(16)19-13/h5-7H,1-4H3,(H,17,18,19). The van der Waals surface area contributed by atoms with Crippen molar-refractivity contribution in [3.8, 4) is 0 Å². The molecule has 1 aromatic heterocycles. The Balaban J connectivity index is 2.57. The zero-order chi connectivity index (χ0) is 15.8. The van der Waals surface area contributed by atoms with Gasteiger partial charge < -0.3 is 9.88 Å². The highest BCUT2D eigenvalue weighted by Crippen LogP contribution is 2.40. The van der Waals surface area contributed by atoms with Crippen molar-refractivity contribution < 1.29 is 4.57 Å². The van der Waals surface area contributed by atoms with Gasteiger partial charge in [-0.05, 0) is 56.0 Å². The van der Waals surface area contributed by atoms with Crippen molar-refractivity contribution in [3.05, 3.63) is 39.8 Å². The fourth-order valence-electron chi connectivity index (χ4n) is 2.16. The molecule has 0 fully saturated rings. The van der Waals surface area contributed by atoms with E-state index in [0.29, 0.717) is 10.8 Å². The van der Waals surface area contributed by atoms with Crippen LogP contribution in [0.25, 0.3) is 0 Å². The third-order valence-electron chi connectivity index (χ3n) is 3.21. The molecular weight excluding hydrogens is 328 g/mol. The second-order valence-corrected chi connectivity index (χ2v) is 9.11. The summed E-state index contributed by atoms with van der Waals surface area (Å²) in [7, 11) is -2.47. The van der Waals surface area contributed by atoms with Crippen molar-refractivity contribution in [1.29, 1.82) is 0 Å². The molecule has 1 N–H and O–H groups in total. The van der Waals surface area contributed by atoms with Gasteiger partial charge in [0.25, 0.3) is 0 Å². The van der Waals surface area contributed by atoms with E-state index in [1.807, 2.05) is 26.0 Å². The van der Waals surface area contributed by atoms with Crippen LogP contribution in [-0.4, -0.2) is 23.3 Å². The molecular formula is C14H16Cl2N3OP. The Kier molecular flexibility index (Phi) is 4.62. The Morgan fingerprint density at radius 2 is 1.86 bits per heavy atom. The molecule has 2 aromatic rings. The quantitative estimate of drug-likeness (QED) is 0.663. The van der Waals surface area contributed by atoms with Crippen molar-refractivity contribution in [2.45, 2.75) is 13.8 Å². The van der Waals surface area contributed by atoms with Crippen molar-refractivity contribution in [3.63, 3.8) is 0 Å².